The van der Waals surface area contributed by atoms with Crippen LogP contribution in [0.3, 0.4) is 0 Å². The smallest absolute Gasteiger partial charge is 0.0594 e. The van der Waals surface area contributed by atoms with Crippen LogP contribution in [0.5, 0.6) is 0 Å². The molecule has 1 N–H and O–H groups in total. The lowest BCUT2D eigenvalue weighted by molar-refractivity contribution is 0.0291. The predicted octanol–water partition coefficient (Wildman–Crippen LogP) is 4.39. The summed E-state index contributed by atoms with van der Waals surface area (Å²) >= 11 is 0. The molecular formula is C19H29NO. The largest absolute Gasteiger partial charge is 0.377 e. The highest BCUT2D eigenvalue weighted by Gasteiger charge is 2.31. The maximum Gasteiger partial charge on any atom is 0.0594 e. The van der Waals surface area contributed by atoms with Crippen molar-refractivity contribution in [3.05, 3.63) is 35.4 Å². The molecule has 21 heavy (non-hydrogen) atoms. The summed E-state index contributed by atoms with van der Waals surface area (Å²) in [6.07, 6.45) is 9.91. The fraction of sp³-hybridized carbons (Fsp3) is 0.684. The van der Waals surface area contributed by atoms with Gasteiger partial charge in [-0.15, -0.1) is 0 Å². The normalized spacial score (nSPS) is 21.4. The van der Waals surface area contributed by atoms with Crippen molar-refractivity contribution in [3.63, 3.8) is 0 Å². The summed E-state index contributed by atoms with van der Waals surface area (Å²) in [6, 6.07) is 9.55. The molecule has 2 heteroatoms. The Bertz CT molecular complexity index is 418. The van der Waals surface area contributed by atoms with Crippen LogP contribution in [0.15, 0.2) is 24.3 Å². The summed E-state index contributed by atoms with van der Waals surface area (Å²) in [5, 5.41) is 3.73. The maximum absolute atomic E-state index is 6.03. The highest BCUT2D eigenvalue weighted by atomic mass is 16.5. The summed E-state index contributed by atoms with van der Waals surface area (Å²) in [6.45, 7) is 3.99. The zero-order chi connectivity index (χ0) is 14.5. The van der Waals surface area contributed by atoms with Gasteiger partial charge >= 0.3 is 0 Å². The number of hydrogen-bond acceptors (Lipinski definition) is 2. The topological polar surface area (TPSA) is 21.3 Å². The van der Waals surface area contributed by atoms with Gasteiger partial charge in [-0.1, -0.05) is 49.1 Å². The molecular weight excluding hydrogens is 258 g/mol. The molecule has 2 aliphatic carbocycles. The minimum atomic E-state index is 0.527. The lowest BCUT2D eigenvalue weighted by Crippen LogP contribution is -2.29. The van der Waals surface area contributed by atoms with Crippen LogP contribution in [0, 0.1) is 12.8 Å². The molecule has 0 saturated heterocycles. The van der Waals surface area contributed by atoms with Gasteiger partial charge in [-0.3, -0.25) is 0 Å². The standard InChI is InChI=1S/C19H29NO/c1-15-7-9-16(10-8-15)19(17-11-12-17)20-13-14-21-18-5-3-2-4-6-18/h7-10,17-20H,2-6,11-14H2,1H3. The van der Waals surface area contributed by atoms with E-state index in [9.17, 15) is 0 Å². The van der Waals surface area contributed by atoms with Crippen molar-refractivity contribution in [1.82, 2.24) is 5.32 Å². The van der Waals surface area contributed by atoms with E-state index in [1.165, 1.54) is 56.1 Å². The van der Waals surface area contributed by atoms with E-state index in [1.807, 2.05) is 0 Å². The monoisotopic (exact) mass is 287 g/mol. The molecule has 3 rings (SSSR count). The Morgan fingerprint density at radius 2 is 1.76 bits per heavy atom. The Hall–Kier alpha value is -0.860. The fourth-order valence-corrected chi connectivity index (χ4v) is 3.43. The van der Waals surface area contributed by atoms with Gasteiger partial charge in [0.1, 0.15) is 0 Å². The number of hydrogen-bond donors (Lipinski definition) is 1. The van der Waals surface area contributed by atoms with Gasteiger partial charge in [-0.25, -0.2) is 0 Å². The Balaban J connectivity index is 1.44. The molecule has 0 radical (unpaired) electrons. The van der Waals surface area contributed by atoms with Crippen LogP contribution >= 0.6 is 0 Å². The molecule has 0 spiro atoms. The molecule has 0 bridgehead atoms. The van der Waals surface area contributed by atoms with Gasteiger partial charge in [-0.2, -0.15) is 0 Å². The van der Waals surface area contributed by atoms with E-state index >= 15 is 0 Å². The zero-order valence-electron chi connectivity index (χ0n) is 13.3. The summed E-state index contributed by atoms with van der Waals surface area (Å²) in [5.74, 6) is 0.836. The van der Waals surface area contributed by atoms with Crippen LogP contribution in [0.25, 0.3) is 0 Å². The number of rotatable bonds is 7. The van der Waals surface area contributed by atoms with Crippen LogP contribution in [-0.2, 0) is 4.74 Å². The minimum absolute atomic E-state index is 0.527. The summed E-state index contributed by atoms with van der Waals surface area (Å²) in [5.41, 5.74) is 2.79. The van der Waals surface area contributed by atoms with Crippen molar-refractivity contribution in [2.75, 3.05) is 13.2 Å². The van der Waals surface area contributed by atoms with Gasteiger partial charge in [-0.05, 0) is 44.1 Å². The van der Waals surface area contributed by atoms with E-state index in [2.05, 4.69) is 36.5 Å². The highest BCUT2D eigenvalue weighted by molar-refractivity contribution is 5.25. The zero-order valence-corrected chi connectivity index (χ0v) is 13.3. The summed E-state index contributed by atoms with van der Waals surface area (Å²) < 4.78 is 6.03. The highest BCUT2D eigenvalue weighted by Crippen LogP contribution is 2.40. The van der Waals surface area contributed by atoms with E-state index in [-0.39, 0.29) is 0 Å². The Labute approximate surface area is 129 Å². The first-order valence-corrected chi connectivity index (χ1v) is 8.74. The second kappa shape index (κ2) is 7.42. The van der Waals surface area contributed by atoms with Crippen LogP contribution in [0.4, 0.5) is 0 Å². The van der Waals surface area contributed by atoms with Crippen LogP contribution in [-0.4, -0.2) is 19.3 Å². The average molecular weight is 287 g/mol. The molecule has 1 aromatic rings. The van der Waals surface area contributed by atoms with Crippen molar-refractivity contribution < 1.29 is 4.74 Å². The first-order chi connectivity index (χ1) is 10.3. The number of nitrogens with one attached hydrogen (secondary N) is 1. The van der Waals surface area contributed by atoms with Crippen LogP contribution in [0.2, 0.25) is 0 Å². The van der Waals surface area contributed by atoms with Crippen molar-refractivity contribution >= 4 is 0 Å². The third-order valence-corrected chi connectivity index (χ3v) is 4.90. The van der Waals surface area contributed by atoms with Gasteiger partial charge < -0.3 is 10.1 Å². The molecule has 1 atom stereocenters. The van der Waals surface area contributed by atoms with Crippen LogP contribution < -0.4 is 5.32 Å². The van der Waals surface area contributed by atoms with Crippen LogP contribution in [0.1, 0.15) is 62.1 Å². The molecule has 2 aliphatic rings. The van der Waals surface area contributed by atoms with Gasteiger partial charge in [0, 0.05) is 12.6 Å². The van der Waals surface area contributed by atoms with Crippen molar-refractivity contribution in [1.29, 1.82) is 0 Å². The number of aryl methyl sites for hydroxylation is 1. The second-order valence-corrected chi connectivity index (χ2v) is 6.81. The Morgan fingerprint density at radius 3 is 2.43 bits per heavy atom. The van der Waals surface area contributed by atoms with Crippen molar-refractivity contribution in [3.8, 4) is 0 Å². The summed E-state index contributed by atoms with van der Waals surface area (Å²) in [7, 11) is 0. The van der Waals surface area contributed by atoms with Crippen molar-refractivity contribution in [2.24, 2.45) is 5.92 Å². The molecule has 116 valence electrons. The quantitative estimate of drug-likeness (QED) is 0.751. The molecule has 2 fully saturated rings. The molecule has 0 amide bonds. The fourth-order valence-electron chi connectivity index (χ4n) is 3.43. The maximum atomic E-state index is 6.03. The molecule has 0 aliphatic heterocycles. The first-order valence-electron chi connectivity index (χ1n) is 8.74. The Kier molecular flexibility index (Phi) is 5.32. The third-order valence-electron chi connectivity index (χ3n) is 4.90. The third kappa shape index (κ3) is 4.55. The van der Waals surface area contributed by atoms with E-state index in [4.69, 9.17) is 4.74 Å². The van der Waals surface area contributed by atoms with E-state index < -0.39 is 0 Å². The van der Waals surface area contributed by atoms with Gasteiger partial charge in [0.05, 0.1) is 12.7 Å². The number of ether oxygens (including phenoxy) is 1. The van der Waals surface area contributed by atoms with E-state index in [0.29, 0.717) is 12.1 Å². The predicted molar refractivity (Wildman–Crippen MR) is 87.5 cm³/mol. The molecule has 0 heterocycles. The molecule has 0 aromatic heterocycles. The molecule has 2 saturated carbocycles. The first kappa shape index (κ1) is 15.1. The lowest BCUT2D eigenvalue weighted by Gasteiger charge is -2.23. The minimum Gasteiger partial charge on any atom is -0.377 e. The SMILES string of the molecule is Cc1ccc(C(NCCOC2CCCCC2)C2CC2)cc1. The van der Waals surface area contributed by atoms with Gasteiger partial charge in [0.2, 0.25) is 0 Å². The molecule has 1 aromatic carbocycles. The van der Waals surface area contributed by atoms with E-state index in [0.717, 1.165) is 19.1 Å². The van der Waals surface area contributed by atoms with Crippen molar-refractivity contribution in [2.45, 2.75) is 64.0 Å². The Morgan fingerprint density at radius 1 is 1.05 bits per heavy atom. The number of benzene rings is 1. The second-order valence-electron chi connectivity index (χ2n) is 6.81. The molecule has 1 unspecified atom stereocenters. The molecule has 2 nitrogen and oxygen atoms in total. The van der Waals surface area contributed by atoms with Gasteiger partial charge in [0.25, 0.3) is 0 Å². The van der Waals surface area contributed by atoms with Gasteiger partial charge in [0.15, 0.2) is 0 Å². The summed E-state index contributed by atoms with van der Waals surface area (Å²) in [4.78, 5) is 0. The lowest BCUT2D eigenvalue weighted by atomic mass is 9.98. The average Bonchev–Trinajstić information content (AvgIpc) is 3.34. The van der Waals surface area contributed by atoms with E-state index in [1.54, 1.807) is 0 Å².